The first-order valence-electron chi connectivity index (χ1n) is 10.5. The van der Waals surface area contributed by atoms with Gasteiger partial charge in [0.15, 0.2) is 0 Å². The Bertz CT molecular complexity index is 1060. The van der Waals surface area contributed by atoms with Gasteiger partial charge in [0, 0.05) is 60.0 Å². The highest BCUT2D eigenvalue weighted by Gasteiger charge is 2.33. The number of carbonyl (C=O) groups excluding carboxylic acids is 2. The number of benzene rings is 3. The molecule has 1 N–H and O–H groups in total. The number of carbonyl (C=O) groups is 2. The van der Waals surface area contributed by atoms with E-state index in [1.54, 1.807) is 0 Å². The molecule has 0 radical (unpaired) electrons. The molecular formula is C25H27N3O2. The molecule has 5 heteroatoms. The maximum Gasteiger partial charge on any atom is 0.261 e. The lowest BCUT2D eigenvalue weighted by Crippen LogP contribution is -2.41. The second-order valence-corrected chi connectivity index (χ2v) is 7.69. The number of imide groups is 1. The van der Waals surface area contributed by atoms with Gasteiger partial charge in [-0.3, -0.25) is 14.5 Å². The molecule has 3 aromatic rings. The van der Waals surface area contributed by atoms with Crippen molar-refractivity contribution in [2.75, 3.05) is 36.9 Å². The Kier molecular flexibility index (Phi) is 5.70. The van der Waals surface area contributed by atoms with Crippen LogP contribution < -0.4 is 10.2 Å². The number of unbranched alkanes of at least 4 members (excludes halogenated alkanes) is 1. The Morgan fingerprint density at radius 1 is 0.900 bits per heavy atom. The Balaban J connectivity index is 1.61. The lowest BCUT2D eigenvalue weighted by molar-refractivity contribution is 0.0608. The third-order valence-corrected chi connectivity index (χ3v) is 5.67. The molecule has 30 heavy (non-hydrogen) atoms. The Labute approximate surface area is 177 Å². The number of nitrogens with one attached hydrogen (secondary N) is 1. The number of rotatable bonds is 8. The normalized spacial score (nSPS) is 13.1. The van der Waals surface area contributed by atoms with Crippen molar-refractivity contribution in [2.24, 2.45) is 0 Å². The molecule has 0 atom stereocenters. The van der Waals surface area contributed by atoms with Crippen LogP contribution in [0.25, 0.3) is 10.8 Å². The van der Waals surface area contributed by atoms with Crippen LogP contribution in [-0.4, -0.2) is 43.4 Å². The van der Waals surface area contributed by atoms with E-state index in [4.69, 9.17) is 0 Å². The predicted octanol–water partition coefficient (Wildman–Crippen LogP) is 4.78. The van der Waals surface area contributed by atoms with E-state index >= 15 is 0 Å². The van der Waals surface area contributed by atoms with Crippen molar-refractivity contribution in [3.05, 3.63) is 71.8 Å². The second-order valence-electron chi connectivity index (χ2n) is 7.69. The molecule has 0 saturated heterocycles. The van der Waals surface area contributed by atoms with E-state index in [1.807, 2.05) is 67.7 Å². The number of anilines is 2. The molecule has 0 unspecified atom stereocenters. The molecule has 1 aliphatic rings. The molecule has 0 aromatic heterocycles. The summed E-state index contributed by atoms with van der Waals surface area (Å²) in [5, 5.41) is 5.15. The van der Waals surface area contributed by atoms with Gasteiger partial charge in [0.05, 0.1) is 0 Å². The molecule has 1 heterocycles. The Morgan fingerprint density at radius 3 is 2.37 bits per heavy atom. The van der Waals surface area contributed by atoms with E-state index in [0.29, 0.717) is 17.7 Å². The van der Waals surface area contributed by atoms with Crippen LogP contribution >= 0.6 is 0 Å². The van der Waals surface area contributed by atoms with Gasteiger partial charge in [-0.2, -0.15) is 0 Å². The molecule has 0 spiro atoms. The molecule has 0 bridgehead atoms. The number of hydrogen-bond donors (Lipinski definition) is 1. The fraction of sp³-hybridized carbons (Fsp3) is 0.280. The number of para-hydroxylation sites is 1. The van der Waals surface area contributed by atoms with Crippen molar-refractivity contribution in [3.8, 4) is 0 Å². The van der Waals surface area contributed by atoms with Gasteiger partial charge in [0.25, 0.3) is 11.8 Å². The lowest BCUT2D eigenvalue weighted by Gasteiger charge is -2.29. The molecule has 1 aliphatic heterocycles. The van der Waals surface area contributed by atoms with Gasteiger partial charge in [0.2, 0.25) is 0 Å². The topological polar surface area (TPSA) is 52.7 Å². The molecule has 154 valence electrons. The summed E-state index contributed by atoms with van der Waals surface area (Å²) in [5.41, 5.74) is 3.35. The first-order valence-corrected chi connectivity index (χ1v) is 10.5. The quantitative estimate of drug-likeness (QED) is 0.552. The Hall–Kier alpha value is -3.34. The van der Waals surface area contributed by atoms with Gasteiger partial charge in [-0.1, -0.05) is 43.7 Å². The first kappa shape index (κ1) is 20.0. The van der Waals surface area contributed by atoms with Crippen LogP contribution in [0.4, 0.5) is 11.4 Å². The minimum atomic E-state index is -0.183. The third kappa shape index (κ3) is 3.63. The van der Waals surface area contributed by atoms with Crippen molar-refractivity contribution >= 4 is 34.0 Å². The van der Waals surface area contributed by atoms with Gasteiger partial charge in [0.1, 0.15) is 0 Å². The molecule has 0 fully saturated rings. The summed E-state index contributed by atoms with van der Waals surface area (Å²) in [6.45, 7) is 4.10. The zero-order chi connectivity index (χ0) is 21.1. The zero-order valence-corrected chi connectivity index (χ0v) is 17.5. The average molecular weight is 402 g/mol. The second kappa shape index (κ2) is 8.57. The van der Waals surface area contributed by atoms with Crippen molar-refractivity contribution in [1.29, 1.82) is 0 Å². The van der Waals surface area contributed by atoms with E-state index in [0.717, 1.165) is 48.1 Å². The summed E-state index contributed by atoms with van der Waals surface area (Å²) >= 11 is 0. The SMILES string of the molecule is CCCCN1C(=O)c2cccc3c(N(C)CCNc4ccccc4)ccc(c23)C1=O. The summed E-state index contributed by atoms with van der Waals surface area (Å²) in [6, 6.07) is 19.7. The highest BCUT2D eigenvalue weighted by Crippen LogP contribution is 2.35. The molecular weight excluding hydrogens is 374 g/mol. The molecule has 4 rings (SSSR count). The largest absolute Gasteiger partial charge is 0.383 e. The van der Waals surface area contributed by atoms with Gasteiger partial charge < -0.3 is 10.2 Å². The standard InChI is InChI=1S/C25H27N3O2/c1-3-4-16-28-24(29)20-12-8-11-19-22(14-13-21(23(19)20)25(28)30)27(2)17-15-26-18-9-6-5-7-10-18/h5-14,26H,3-4,15-17H2,1-2H3. The maximum atomic E-state index is 13.0. The summed E-state index contributed by atoms with van der Waals surface area (Å²) < 4.78 is 0. The molecule has 3 aromatic carbocycles. The van der Waals surface area contributed by atoms with Crippen LogP contribution in [0, 0.1) is 0 Å². The van der Waals surface area contributed by atoms with Gasteiger partial charge in [-0.15, -0.1) is 0 Å². The number of nitrogens with zero attached hydrogens (tertiary/aromatic N) is 2. The van der Waals surface area contributed by atoms with Crippen LogP contribution in [-0.2, 0) is 0 Å². The molecule has 2 amide bonds. The van der Waals surface area contributed by atoms with Crippen LogP contribution in [0.1, 0.15) is 40.5 Å². The summed E-state index contributed by atoms with van der Waals surface area (Å²) in [5.74, 6) is -0.366. The third-order valence-electron chi connectivity index (χ3n) is 5.67. The summed E-state index contributed by atoms with van der Waals surface area (Å²) in [6.07, 6.45) is 1.76. The number of hydrogen-bond acceptors (Lipinski definition) is 4. The average Bonchev–Trinajstić information content (AvgIpc) is 2.77. The van der Waals surface area contributed by atoms with Crippen molar-refractivity contribution in [2.45, 2.75) is 19.8 Å². The Morgan fingerprint density at radius 2 is 1.63 bits per heavy atom. The summed E-state index contributed by atoms with van der Waals surface area (Å²) in [7, 11) is 2.04. The minimum absolute atomic E-state index is 0.183. The van der Waals surface area contributed by atoms with Crippen molar-refractivity contribution in [3.63, 3.8) is 0 Å². The van der Waals surface area contributed by atoms with Crippen LogP contribution in [0.3, 0.4) is 0 Å². The number of amides is 2. The van der Waals surface area contributed by atoms with E-state index < -0.39 is 0 Å². The minimum Gasteiger partial charge on any atom is -0.383 e. The van der Waals surface area contributed by atoms with E-state index in [1.165, 1.54) is 4.90 Å². The number of likely N-dealkylation sites (N-methyl/N-ethyl adjacent to an activating group) is 1. The lowest BCUT2D eigenvalue weighted by atomic mass is 9.92. The maximum absolute atomic E-state index is 13.0. The van der Waals surface area contributed by atoms with Crippen LogP contribution in [0.2, 0.25) is 0 Å². The first-order chi connectivity index (χ1) is 14.6. The highest BCUT2D eigenvalue weighted by atomic mass is 16.2. The molecule has 5 nitrogen and oxygen atoms in total. The van der Waals surface area contributed by atoms with Gasteiger partial charge in [-0.05, 0) is 36.8 Å². The monoisotopic (exact) mass is 401 g/mol. The van der Waals surface area contributed by atoms with Crippen LogP contribution in [0.15, 0.2) is 60.7 Å². The van der Waals surface area contributed by atoms with E-state index in [-0.39, 0.29) is 11.8 Å². The highest BCUT2D eigenvalue weighted by molar-refractivity contribution is 6.26. The van der Waals surface area contributed by atoms with E-state index in [9.17, 15) is 9.59 Å². The van der Waals surface area contributed by atoms with Gasteiger partial charge >= 0.3 is 0 Å². The fourth-order valence-electron chi connectivity index (χ4n) is 4.03. The summed E-state index contributed by atoms with van der Waals surface area (Å²) in [4.78, 5) is 29.6. The smallest absolute Gasteiger partial charge is 0.261 e. The van der Waals surface area contributed by atoms with Crippen molar-refractivity contribution in [1.82, 2.24) is 4.90 Å². The fourth-order valence-corrected chi connectivity index (χ4v) is 4.03. The van der Waals surface area contributed by atoms with Crippen LogP contribution in [0.5, 0.6) is 0 Å². The molecule has 0 aliphatic carbocycles. The predicted molar refractivity (Wildman–Crippen MR) is 122 cm³/mol. The van der Waals surface area contributed by atoms with E-state index in [2.05, 4.69) is 17.1 Å². The zero-order valence-electron chi connectivity index (χ0n) is 17.5. The van der Waals surface area contributed by atoms with Crippen molar-refractivity contribution < 1.29 is 9.59 Å². The molecule has 0 saturated carbocycles. The van der Waals surface area contributed by atoms with Gasteiger partial charge in [-0.25, -0.2) is 0 Å².